The van der Waals surface area contributed by atoms with Crippen LogP contribution in [0.15, 0.2) is 41.2 Å². The largest absolute Gasteiger partial charge is 0.342 e. The molecule has 2 N–H and O–H groups in total. The molecule has 0 atom stereocenters. The predicted molar refractivity (Wildman–Crippen MR) is 111 cm³/mol. The van der Waals surface area contributed by atoms with Crippen molar-refractivity contribution < 1.29 is 4.39 Å². The summed E-state index contributed by atoms with van der Waals surface area (Å²) in [6.45, 7) is 4.51. The van der Waals surface area contributed by atoms with Gasteiger partial charge < -0.3 is 15.2 Å². The number of aromatic amines is 1. The zero-order valence-corrected chi connectivity index (χ0v) is 16.4. The molecule has 0 saturated heterocycles. The van der Waals surface area contributed by atoms with E-state index in [0.717, 1.165) is 0 Å². The van der Waals surface area contributed by atoms with Crippen molar-refractivity contribution in [1.82, 2.24) is 14.9 Å². The van der Waals surface area contributed by atoms with E-state index in [4.69, 9.17) is 23.8 Å². The molecule has 1 heterocycles. The van der Waals surface area contributed by atoms with Crippen LogP contribution in [-0.4, -0.2) is 26.5 Å². The number of aryl methyl sites for hydroxylation is 1. The van der Waals surface area contributed by atoms with Crippen LogP contribution < -0.4 is 10.9 Å². The number of aromatic nitrogens is 2. The highest BCUT2D eigenvalue weighted by Gasteiger charge is 2.12. The van der Waals surface area contributed by atoms with Crippen molar-refractivity contribution >= 4 is 45.5 Å². The summed E-state index contributed by atoms with van der Waals surface area (Å²) < 4.78 is 13.7. The van der Waals surface area contributed by atoms with E-state index in [1.54, 1.807) is 37.3 Å². The van der Waals surface area contributed by atoms with Crippen molar-refractivity contribution in [3.8, 4) is 0 Å². The average molecular weight is 405 g/mol. The minimum absolute atomic E-state index is 0.234. The zero-order valence-electron chi connectivity index (χ0n) is 14.8. The number of rotatable bonds is 4. The Morgan fingerprint density at radius 2 is 2.11 bits per heavy atom. The van der Waals surface area contributed by atoms with E-state index < -0.39 is 0 Å². The Labute approximate surface area is 166 Å². The van der Waals surface area contributed by atoms with Gasteiger partial charge in [-0.1, -0.05) is 17.7 Å². The van der Waals surface area contributed by atoms with Gasteiger partial charge in [-0.05, 0) is 62.0 Å². The second kappa shape index (κ2) is 8.02. The number of halogens is 2. The van der Waals surface area contributed by atoms with Crippen LogP contribution >= 0.6 is 23.8 Å². The van der Waals surface area contributed by atoms with Crippen LogP contribution in [0.2, 0.25) is 5.02 Å². The molecule has 5 nitrogen and oxygen atoms in total. The molecular formula is C19H18ClFN4OS. The maximum Gasteiger partial charge on any atom is 0.258 e. The van der Waals surface area contributed by atoms with Gasteiger partial charge in [-0.25, -0.2) is 9.37 Å². The van der Waals surface area contributed by atoms with Crippen molar-refractivity contribution in [2.75, 3.05) is 11.9 Å². The highest BCUT2D eigenvalue weighted by Crippen LogP contribution is 2.16. The maximum absolute atomic E-state index is 13.7. The van der Waals surface area contributed by atoms with Crippen LogP contribution in [0.3, 0.4) is 0 Å². The van der Waals surface area contributed by atoms with E-state index in [1.807, 2.05) is 11.8 Å². The summed E-state index contributed by atoms with van der Waals surface area (Å²) in [6.07, 6.45) is 0. The summed E-state index contributed by atoms with van der Waals surface area (Å²) in [7, 11) is 0. The van der Waals surface area contributed by atoms with E-state index in [9.17, 15) is 9.18 Å². The lowest BCUT2D eigenvalue weighted by atomic mass is 10.2. The van der Waals surface area contributed by atoms with Gasteiger partial charge in [0, 0.05) is 17.3 Å². The number of anilines is 1. The van der Waals surface area contributed by atoms with Gasteiger partial charge in [0.05, 0.1) is 17.4 Å². The molecule has 3 aromatic rings. The summed E-state index contributed by atoms with van der Waals surface area (Å²) in [5, 5.41) is 4.42. The summed E-state index contributed by atoms with van der Waals surface area (Å²) in [4.78, 5) is 21.3. The number of nitrogens with zero attached hydrogens (tertiary/aromatic N) is 2. The number of nitrogens with one attached hydrogen (secondary N) is 2. The lowest BCUT2D eigenvalue weighted by Crippen LogP contribution is -2.35. The minimum atomic E-state index is -0.303. The third-order valence-corrected chi connectivity index (χ3v) is 4.75. The molecule has 8 heteroatoms. The van der Waals surface area contributed by atoms with Crippen LogP contribution in [0.25, 0.3) is 10.9 Å². The monoisotopic (exact) mass is 404 g/mol. The molecule has 0 radical (unpaired) electrons. The zero-order chi connectivity index (χ0) is 19.6. The molecule has 140 valence electrons. The molecule has 0 aliphatic rings. The number of thiocarbonyl (C=S) groups is 1. The van der Waals surface area contributed by atoms with Gasteiger partial charge in [0.15, 0.2) is 5.11 Å². The standard InChI is InChI=1S/C19H18ClFN4OS/c1-3-25(19(27)22-13-6-4-11(2)15(21)9-13)10-17-23-16-8-12(20)5-7-14(16)18(26)24-17/h4-9H,3,10H2,1-2H3,(H,22,27)(H,23,24,26). The Bertz CT molecular complexity index is 1070. The molecule has 0 aliphatic heterocycles. The highest BCUT2D eigenvalue weighted by molar-refractivity contribution is 7.80. The van der Waals surface area contributed by atoms with Gasteiger partial charge in [0.2, 0.25) is 0 Å². The molecular weight excluding hydrogens is 387 g/mol. The first kappa shape index (κ1) is 19.3. The summed E-state index contributed by atoms with van der Waals surface area (Å²) in [5.74, 6) is 0.166. The lowest BCUT2D eigenvalue weighted by molar-refractivity contribution is 0.429. The fraction of sp³-hybridized carbons (Fsp3) is 0.211. The molecule has 3 rings (SSSR count). The van der Waals surface area contributed by atoms with Crippen molar-refractivity contribution in [2.45, 2.75) is 20.4 Å². The van der Waals surface area contributed by atoms with Crippen LogP contribution in [0.5, 0.6) is 0 Å². The number of fused-ring (bicyclic) bond motifs is 1. The molecule has 2 aromatic carbocycles. The van der Waals surface area contributed by atoms with E-state index in [1.165, 1.54) is 6.07 Å². The first-order valence-corrected chi connectivity index (χ1v) is 9.16. The molecule has 0 unspecified atom stereocenters. The Balaban J connectivity index is 1.81. The molecule has 0 aliphatic carbocycles. The lowest BCUT2D eigenvalue weighted by Gasteiger charge is -2.24. The average Bonchev–Trinajstić information content (AvgIpc) is 2.62. The van der Waals surface area contributed by atoms with Crippen molar-refractivity contribution in [2.24, 2.45) is 0 Å². The van der Waals surface area contributed by atoms with Crippen molar-refractivity contribution in [3.05, 3.63) is 69.0 Å². The molecule has 0 saturated carbocycles. The number of benzene rings is 2. The molecule has 1 aromatic heterocycles. The van der Waals surface area contributed by atoms with E-state index in [0.29, 0.717) is 51.2 Å². The smallest absolute Gasteiger partial charge is 0.258 e. The molecule has 27 heavy (non-hydrogen) atoms. The Morgan fingerprint density at radius 3 is 2.81 bits per heavy atom. The van der Waals surface area contributed by atoms with Gasteiger partial charge in [-0.3, -0.25) is 4.79 Å². The van der Waals surface area contributed by atoms with Gasteiger partial charge >= 0.3 is 0 Å². The quantitative estimate of drug-likeness (QED) is 0.637. The molecule has 0 bridgehead atoms. The third-order valence-electron chi connectivity index (χ3n) is 4.15. The van der Waals surface area contributed by atoms with Gasteiger partial charge in [0.25, 0.3) is 5.56 Å². The Hall–Kier alpha value is -2.51. The van der Waals surface area contributed by atoms with Crippen LogP contribution in [0.4, 0.5) is 10.1 Å². The van der Waals surface area contributed by atoms with Crippen LogP contribution in [0, 0.1) is 12.7 Å². The maximum atomic E-state index is 13.7. The minimum Gasteiger partial charge on any atom is -0.342 e. The fourth-order valence-corrected chi connectivity index (χ4v) is 3.09. The van der Waals surface area contributed by atoms with Gasteiger partial charge in [0.1, 0.15) is 11.6 Å². The summed E-state index contributed by atoms with van der Waals surface area (Å²) in [6, 6.07) is 9.78. The summed E-state index contributed by atoms with van der Waals surface area (Å²) in [5.41, 5.74) is 1.42. The molecule has 0 amide bonds. The fourth-order valence-electron chi connectivity index (χ4n) is 2.62. The highest BCUT2D eigenvalue weighted by atomic mass is 35.5. The van der Waals surface area contributed by atoms with Crippen LogP contribution in [-0.2, 0) is 6.54 Å². The second-order valence-electron chi connectivity index (χ2n) is 6.08. The van der Waals surface area contributed by atoms with Gasteiger partial charge in [-0.15, -0.1) is 0 Å². The predicted octanol–water partition coefficient (Wildman–Crippen LogP) is 4.24. The second-order valence-corrected chi connectivity index (χ2v) is 6.91. The van der Waals surface area contributed by atoms with Crippen LogP contribution in [0.1, 0.15) is 18.3 Å². The normalized spacial score (nSPS) is 10.8. The SMILES string of the molecule is CCN(Cc1nc2cc(Cl)ccc2c(=O)[nH]1)C(=S)Nc1ccc(C)c(F)c1. The summed E-state index contributed by atoms with van der Waals surface area (Å²) >= 11 is 11.4. The number of H-pyrrole nitrogens is 1. The topological polar surface area (TPSA) is 61.0 Å². The van der Waals surface area contributed by atoms with E-state index in [2.05, 4.69) is 15.3 Å². The first-order valence-electron chi connectivity index (χ1n) is 8.38. The Morgan fingerprint density at radius 1 is 1.33 bits per heavy atom. The third kappa shape index (κ3) is 4.43. The van der Waals surface area contributed by atoms with E-state index >= 15 is 0 Å². The molecule has 0 spiro atoms. The Kier molecular flexibility index (Phi) is 5.72. The number of hydrogen-bond donors (Lipinski definition) is 2. The van der Waals surface area contributed by atoms with E-state index in [-0.39, 0.29) is 11.4 Å². The van der Waals surface area contributed by atoms with Gasteiger partial charge in [-0.2, -0.15) is 0 Å². The number of hydrogen-bond acceptors (Lipinski definition) is 3. The van der Waals surface area contributed by atoms with Crippen molar-refractivity contribution in [1.29, 1.82) is 0 Å². The van der Waals surface area contributed by atoms with Crippen molar-refractivity contribution in [3.63, 3.8) is 0 Å². The first-order chi connectivity index (χ1) is 12.9. The molecule has 0 fully saturated rings.